The van der Waals surface area contributed by atoms with Gasteiger partial charge in [0.2, 0.25) is 5.91 Å². The lowest BCUT2D eigenvalue weighted by atomic mass is 9.98. The molecule has 0 radical (unpaired) electrons. The first-order valence-corrected chi connectivity index (χ1v) is 10.7. The van der Waals surface area contributed by atoms with Crippen LogP contribution in [-0.2, 0) is 22.6 Å². The van der Waals surface area contributed by atoms with Crippen LogP contribution in [0.15, 0.2) is 42.5 Å². The molecule has 0 unspecified atom stereocenters. The Bertz CT molecular complexity index is 833. The van der Waals surface area contributed by atoms with Crippen LogP contribution < -0.4 is 4.74 Å². The number of hydrazine groups is 1. The summed E-state index contributed by atoms with van der Waals surface area (Å²) in [4.78, 5) is 12.9. The summed E-state index contributed by atoms with van der Waals surface area (Å²) in [6.07, 6.45) is 1.34. The standard InChI is InChI=1S/C22H24Cl2N2O3/c23-20-13-18(29-15-16-4-2-1-3-5-16)14-21(24)19(20)12-17-6-7-26(22(17)27)25-8-10-28-11-9-25/h1-5,13-14,17H,6-12,15H2/t17-/m0/s1. The molecular weight excluding hydrogens is 411 g/mol. The first kappa shape index (κ1) is 20.5. The van der Waals surface area contributed by atoms with E-state index in [1.54, 1.807) is 12.1 Å². The molecule has 5 nitrogen and oxygen atoms in total. The highest BCUT2D eigenvalue weighted by Crippen LogP contribution is 2.35. The molecule has 0 bridgehead atoms. The predicted molar refractivity (Wildman–Crippen MR) is 113 cm³/mol. The van der Waals surface area contributed by atoms with Gasteiger partial charge in [-0.05, 0) is 36.1 Å². The number of ether oxygens (including phenoxy) is 2. The fourth-order valence-electron chi connectivity index (χ4n) is 3.83. The van der Waals surface area contributed by atoms with Gasteiger partial charge in [0, 0.05) is 35.6 Å². The van der Waals surface area contributed by atoms with E-state index in [9.17, 15) is 4.79 Å². The van der Waals surface area contributed by atoms with Crippen molar-refractivity contribution in [3.8, 4) is 5.75 Å². The van der Waals surface area contributed by atoms with Gasteiger partial charge in [-0.2, -0.15) is 0 Å². The fourth-order valence-corrected chi connectivity index (χ4v) is 4.45. The highest BCUT2D eigenvalue weighted by molar-refractivity contribution is 6.36. The van der Waals surface area contributed by atoms with Crippen LogP contribution in [0, 0.1) is 5.92 Å². The van der Waals surface area contributed by atoms with Crippen LogP contribution in [0.2, 0.25) is 10.0 Å². The van der Waals surface area contributed by atoms with E-state index < -0.39 is 0 Å². The van der Waals surface area contributed by atoms with Crippen molar-refractivity contribution in [1.29, 1.82) is 0 Å². The van der Waals surface area contributed by atoms with E-state index in [4.69, 9.17) is 32.7 Å². The van der Waals surface area contributed by atoms with E-state index in [0.717, 1.165) is 37.2 Å². The number of amides is 1. The Morgan fingerprint density at radius 2 is 1.72 bits per heavy atom. The largest absolute Gasteiger partial charge is 0.489 e. The van der Waals surface area contributed by atoms with Gasteiger partial charge in [0.15, 0.2) is 0 Å². The Morgan fingerprint density at radius 3 is 2.41 bits per heavy atom. The smallest absolute Gasteiger partial charge is 0.240 e. The lowest BCUT2D eigenvalue weighted by molar-refractivity contribution is -0.153. The number of halogens is 2. The highest BCUT2D eigenvalue weighted by atomic mass is 35.5. The molecule has 29 heavy (non-hydrogen) atoms. The van der Waals surface area contributed by atoms with E-state index >= 15 is 0 Å². The Balaban J connectivity index is 1.40. The lowest BCUT2D eigenvalue weighted by Gasteiger charge is -2.34. The van der Waals surface area contributed by atoms with Gasteiger partial charge < -0.3 is 9.47 Å². The molecule has 2 aliphatic heterocycles. The maximum atomic E-state index is 12.9. The summed E-state index contributed by atoms with van der Waals surface area (Å²) in [6.45, 7) is 4.02. The third-order valence-electron chi connectivity index (χ3n) is 5.44. The molecule has 154 valence electrons. The molecule has 2 aliphatic rings. The third-order valence-corrected chi connectivity index (χ3v) is 6.11. The Morgan fingerprint density at radius 1 is 1.03 bits per heavy atom. The number of benzene rings is 2. The van der Waals surface area contributed by atoms with Gasteiger partial charge in [-0.1, -0.05) is 53.5 Å². The second kappa shape index (κ2) is 9.35. The minimum absolute atomic E-state index is 0.107. The molecule has 0 saturated carbocycles. The summed E-state index contributed by atoms with van der Waals surface area (Å²) in [7, 11) is 0. The Hall–Kier alpha value is -1.79. The van der Waals surface area contributed by atoms with Gasteiger partial charge >= 0.3 is 0 Å². The number of morpholine rings is 1. The zero-order valence-electron chi connectivity index (χ0n) is 16.2. The molecule has 7 heteroatoms. The molecule has 1 amide bonds. The van der Waals surface area contributed by atoms with Crippen LogP contribution in [0.1, 0.15) is 17.5 Å². The van der Waals surface area contributed by atoms with Crippen LogP contribution in [-0.4, -0.2) is 48.8 Å². The van der Waals surface area contributed by atoms with Gasteiger partial charge in [0.25, 0.3) is 0 Å². The van der Waals surface area contributed by atoms with E-state index in [1.807, 2.05) is 35.3 Å². The van der Waals surface area contributed by atoms with Crippen molar-refractivity contribution in [2.24, 2.45) is 5.92 Å². The van der Waals surface area contributed by atoms with Gasteiger partial charge in [-0.3, -0.25) is 9.80 Å². The number of nitrogens with zero attached hydrogens (tertiary/aromatic N) is 2. The van der Waals surface area contributed by atoms with Crippen molar-refractivity contribution in [2.75, 3.05) is 32.8 Å². The molecule has 0 spiro atoms. The summed E-state index contributed by atoms with van der Waals surface area (Å²) in [5.41, 5.74) is 1.88. The molecular formula is C22H24Cl2N2O3. The summed E-state index contributed by atoms with van der Waals surface area (Å²) in [5, 5.41) is 5.04. The van der Waals surface area contributed by atoms with Crippen molar-refractivity contribution in [3.63, 3.8) is 0 Å². The van der Waals surface area contributed by atoms with Crippen molar-refractivity contribution in [3.05, 3.63) is 63.6 Å². The normalized spacial score (nSPS) is 20.3. The van der Waals surface area contributed by atoms with Gasteiger partial charge in [-0.15, -0.1) is 0 Å². The third kappa shape index (κ3) is 4.86. The number of carbonyl (C=O) groups excluding carboxylic acids is 1. The molecule has 2 heterocycles. The van der Waals surface area contributed by atoms with Crippen LogP contribution >= 0.6 is 23.2 Å². The Labute approximate surface area is 181 Å². The van der Waals surface area contributed by atoms with E-state index in [2.05, 4.69) is 5.01 Å². The minimum atomic E-state index is -0.107. The summed E-state index contributed by atoms with van der Waals surface area (Å²) in [6, 6.07) is 13.5. The van der Waals surface area contributed by atoms with Crippen LogP contribution in [0.25, 0.3) is 0 Å². The first-order chi connectivity index (χ1) is 14.1. The maximum absolute atomic E-state index is 12.9. The van der Waals surface area contributed by atoms with E-state index in [1.165, 1.54) is 0 Å². The SMILES string of the molecule is O=C1[C@H](Cc2c(Cl)cc(OCc3ccccc3)cc2Cl)CCN1N1CCOCC1. The minimum Gasteiger partial charge on any atom is -0.489 e. The lowest BCUT2D eigenvalue weighted by Crippen LogP contribution is -2.49. The quantitative estimate of drug-likeness (QED) is 0.682. The monoisotopic (exact) mass is 434 g/mol. The number of hydrogen-bond donors (Lipinski definition) is 0. The number of rotatable bonds is 6. The summed E-state index contributed by atoms with van der Waals surface area (Å²) >= 11 is 13.0. The average Bonchev–Trinajstić information content (AvgIpc) is 3.11. The molecule has 2 fully saturated rings. The van der Waals surface area contributed by atoms with Crippen molar-refractivity contribution in [2.45, 2.75) is 19.4 Å². The first-order valence-electron chi connectivity index (χ1n) is 9.90. The zero-order chi connectivity index (χ0) is 20.2. The average molecular weight is 435 g/mol. The second-order valence-corrected chi connectivity index (χ2v) is 8.17. The molecule has 2 saturated heterocycles. The molecule has 0 aliphatic carbocycles. The van der Waals surface area contributed by atoms with Gasteiger partial charge in [0.05, 0.1) is 13.2 Å². The topological polar surface area (TPSA) is 42.0 Å². The molecule has 2 aromatic carbocycles. The fraction of sp³-hybridized carbons (Fsp3) is 0.409. The second-order valence-electron chi connectivity index (χ2n) is 7.36. The van der Waals surface area contributed by atoms with Crippen molar-refractivity contribution in [1.82, 2.24) is 10.0 Å². The number of hydrogen-bond acceptors (Lipinski definition) is 4. The maximum Gasteiger partial charge on any atom is 0.240 e. The van der Waals surface area contributed by atoms with E-state index in [-0.39, 0.29) is 11.8 Å². The van der Waals surface area contributed by atoms with Crippen molar-refractivity contribution >= 4 is 29.1 Å². The van der Waals surface area contributed by atoms with Crippen LogP contribution in [0.3, 0.4) is 0 Å². The van der Waals surface area contributed by atoms with E-state index in [0.29, 0.717) is 42.0 Å². The molecule has 1 atom stereocenters. The molecule has 2 aromatic rings. The van der Waals surface area contributed by atoms with Crippen molar-refractivity contribution < 1.29 is 14.3 Å². The molecule has 0 N–H and O–H groups in total. The van der Waals surface area contributed by atoms with Crippen LogP contribution in [0.5, 0.6) is 5.75 Å². The number of carbonyl (C=O) groups is 1. The highest BCUT2D eigenvalue weighted by Gasteiger charge is 2.36. The molecule has 4 rings (SSSR count). The van der Waals surface area contributed by atoms with Crippen LogP contribution in [0.4, 0.5) is 0 Å². The zero-order valence-corrected chi connectivity index (χ0v) is 17.7. The Kier molecular flexibility index (Phi) is 6.60. The van der Waals surface area contributed by atoms with Gasteiger partial charge in [0.1, 0.15) is 12.4 Å². The summed E-state index contributed by atoms with van der Waals surface area (Å²) < 4.78 is 11.2. The summed E-state index contributed by atoms with van der Waals surface area (Å²) in [5.74, 6) is 0.660. The molecule has 0 aromatic heterocycles. The van der Waals surface area contributed by atoms with Gasteiger partial charge in [-0.25, -0.2) is 5.01 Å². The predicted octanol–water partition coefficient (Wildman–Crippen LogP) is 4.21.